The number of primary amides is 1. The molecular weight excluding hydrogens is 299 g/mol. The SMILES string of the molecule is Cc1ccc(NC(=O)C(C)Oc2ccccc2C(N)=O)cc1F. The summed E-state index contributed by atoms with van der Waals surface area (Å²) < 4.78 is 19.0. The van der Waals surface area contributed by atoms with Crippen molar-refractivity contribution in [1.82, 2.24) is 0 Å². The highest BCUT2D eigenvalue weighted by Crippen LogP contribution is 2.19. The van der Waals surface area contributed by atoms with Crippen molar-refractivity contribution in [3.63, 3.8) is 0 Å². The van der Waals surface area contributed by atoms with Gasteiger partial charge in [0.25, 0.3) is 11.8 Å². The first-order valence-electron chi connectivity index (χ1n) is 7.01. The van der Waals surface area contributed by atoms with Crippen molar-refractivity contribution in [2.75, 3.05) is 5.32 Å². The van der Waals surface area contributed by atoms with Crippen molar-refractivity contribution >= 4 is 17.5 Å². The van der Waals surface area contributed by atoms with Gasteiger partial charge in [-0.05, 0) is 43.7 Å². The number of nitrogens with one attached hydrogen (secondary N) is 1. The lowest BCUT2D eigenvalue weighted by atomic mass is 10.2. The maximum atomic E-state index is 13.5. The number of benzene rings is 2. The van der Waals surface area contributed by atoms with Crippen molar-refractivity contribution in [2.45, 2.75) is 20.0 Å². The van der Waals surface area contributed by atoms with E-state index in [0.29, 0.717) is 11.3 Å². The monoisotopic (exact) mass is 316 g/mol. The van der Waals surface area contributed by atoms with E-state index in [4.69, 9.17) is 10.5 Å². The Morgan fingerprint density at radius 1 is 1.22 bits per heavy atom. The van der Waals surface area contributed by atoms with E-state index < -0.39 is 23.7 Å². The van der Waals surface area contributed by atoms with Crippen LogP contribution in [0.15, 0.2) is 42.5 Å². The van der Waals surface area contributed by atoms with Crippen LogP contribution in [0.2, 0.25) is 0 Å². The third kappa shape index (κ3) is 4.06. The van der Waals surface area contributed by atoms with E-state index >= 15 is 0 Å². The summed E-state index contributed by atoms with van der Waals surface area (Å²) in [5.74, 6) is -1.30. The summed E-state index contributed by atoms with van der Waals surface area (Å²) in [6.07, 6.45) is -0.889. The topological polar surface area (TPSA) is 81.4 Å². The molecule has 6 heteroatoms. The maximum absolute atomic E-state index is 13.5. The Balaban J connectivity index is 2.08. The van der Waals surface area contributed by atoms with E-state index in [2.05, 4.69) is 5.32 Å². The highest BCUT2D eigenvalue weighted by atomic mass is 19.1. The van der Waals surface area contributed by atoms with Gasteiger partial charge < -0.3 is 15.8 Å². The van der Waals surface area contributed by atoms with Crippen LogP contribution in [0, 0.1) is 12.7 Å². The Hall–Kier alpha value is -2.89. The second-order valence-electron chi connectivity index (χ2n) is 5.07. The van der Waals surface area contributed by atoms with Crippen LogP contribution in [0.3, 0.4) is 0 Å². The Labute approximate surface area is 133 Å². The molecule has 0 bridgehead atoms. The minimum atomic E-state index is -0.889. The number of halogens is 1. The van der Waals surface area contributed by atoms with Crippen molar-refractivity contribution in [1.29, 1.82) is 0 Å². The summed E-state index contributed by atoms with van der Waals surface area (Å²) in [6.45, 7) is 3.16. The predicted octanol–water partition coefficient (Wildman–Crippen LogP) is 2.64. The van der Waals surface area contributed by atoms with Crippen LogP contribution < -0.4 is 15.8 Å². The third-order valence-corrected chi connectivity index (χ3v) is 3.26. The molecule has 0 spiro atoms. The van der Waals surface area contributed by atoms with Gasteiger partial charge in [0.1, 0.15) is 11.6 Å². The number of amides is 2. The number of carbonyl (C=O) groups excluding carboxylic acids is 2. The Morgan fingerprint density at radius 3 is 2.57 bits per heavy atom. The molecule has 5 nitrogen and oxygen atoms in total. The van der Waals surface area contributed by atoms with Crippen molar-refractivity contribution in [3.05, 3.63) is 59.4 Å². The summed E-state index contributed by atoms with van der Waals surface area (Å²) >= 11 is 0. The highest BCUT2D eigenvalue weighted by molar-refractivity contribution is 5.96. The molecule has 0 fully saturated rings. The summed E-state index contributed by atoms with van der Waals surface area (Å²) in [7, 11) is 0. The summed E-state index contributed by atoms with van der Waals surface area (Å²) in [5.41, 5.74) is 6.27. The number of carbonyl (C=O) groups is 2. The summed E-state index contributed by atoms with van der Waals surface area (Å²) in [6, 6.07) is 10.8. The Kier molecular flexibility index (Phi) is 4.95. The molecule has 0 saturated heterocycles. The molecular formula is C17H17FN2O3. The first-order chi connectivity index (χ1) is 10.9. The zero-order chi connectivity index (χ0) is 17.0. The lowest BCUT2D eigenvalue weighted by Gasteiger charge is -2.16. The molecule has 0 aromatic heterocycles. The van der Waals surface area contributed by atoms with Crippen LogP contribution >= 0.6 is 0 Å². The van der Waals surface area contributed by atoms with Crippen molar-refractivity contribution < 1.29 is 18.7 Å². The van der Waals surface area contributed by atoms with Gasteiger partial charge in [0.15, 0.2) is 6.10 Å². The largest absolute Gasteiger partial charge is 0.480 e. The molecule has 2 aromatic rings. The lowest BCUT2D eigenvalue weighted by Crippen LogP contribution is -2.31. The molecule has 0 heterocycles. The molecule has 0 aliphatic heterocycles. The van der Waals surface area contributed by atoms with Crippen LogP contribution in [-0.2, 0) is 4.79 Å². The van der Waals surface area contributed by atoms with E-state index in [9.17, 15) is 14.0 Å². The number of ether oxygens (including phenoxy) is 1. The number of anilines is 1. The van der Waals surface area contributed by atoms with Crippen molar-refractivity contribution in [3.8, 4) is 5.75 Å². The van der Waals surface area contributed by atoms with Crippen molar-refractivity contribution in [2.24, 2.45) is 5.73 Å². The quantitative estimate of drug-likeness (QED) is 0.889. The number of rotatable bonds is 5. The zero-order valence-corrected chi connectivity index (χ0v) is 12.8. The second kappa shape index (κ2) is 6.91. The van der Waals surface area contributed by atoms with E-state index in [-0.39, 0.29) is 11.3 Å². The van der Waals surface area contributed by atoms with Gasteiger partial charge in [-0.15, -0.1) is 0 Å². The van der Waals surface area contributed by atoms with Gasteiger partial charge in [0.05, 0.1) is 5.56 Å². The molecule has 1 unspecified atom stereocenters. The van der Waals surface area contributed by atoms with Gasteiger partial charge in [-0.25, -0.2) is 4.39 Å². The fourth-order valence-corrected chi connectivity index (χ4v) is 1.93. The van der Waals surface area contributed by atoms with Gasteiger partial charge in [-0.3, -0.25) is 9.59 Å². The lowest BCUT2D eigenvalue weighted by molar-refractivity contribution is -0.122. The minimum absolute atomic E-state index is 0.188. The second-order valence-corrected chi connectivity index (χ2v) is 5.07. The molecule has 3 N–H and O–H groups in total. The number of para-hydroxylation sites is 1. The molecule has 2 amide bonds. The Bertz CT molecular complexity index is 746. The fraction of sp³-hybridized carbons (Fsp3) is 0.176. The minimum Gasteiger partial charge on any atom is -0.480 e. The van der Waals surface area contributed by atoms with Crippen LogP contribution in [0.5, 0.6) is 5.75 Å². The number of aryl methyl sites for hydroxylation is 1. The van der Waals surface area contributed by atoms with E-state index in [1.807, 2.05) is 0 Å². The molecule has 0 radical (unpaired) electrons. The van der Waals surface area contributed by atoms with Gasteiger partial charge in [-0.1, -0.05) is 18.2 Å². The first-order valence-corrected chi connectivity index (χ1v) is 7.01. The average Bonchev–Trinajstić information content (AvgIpc) is 2.51. The summed E-state index contributed by atoms with van der Waals surface area (Å²) in [5, 5.41) is 2.56. The third-order valence-electron chi connectivity index (χ3n) is 3.26. The van der Waals surface area contributed by atoms with Gasteiger partial charge in [-0.2, -0.15) is 0 Å². The van der Waals surface area contributed by atoms with Crippen LogP contribution in [0.4, 0.5) is 10.1 Å². The van der Waals surface area contributed by atoms with E-state index in [1.54, 1.807) is 37.3 Å². The van der Waals surface area contributed by atoms with Crippen LogP contribution in [0.25, 0.3) is 0 Å². The van der Waals surface area contributed by atoms with Gasteiger partial charge >= 0.3 is 0 Å². The molecule has 120 valence electrons. The number of hydrogen-bond donors (Lipinski definition) is 2. The molecule has 0 aliphatic carbocycles. The first kappa shape index (κ1) is 16.5. The Morgan fingerprint density at radius 2 is 1.91 bits per heavy atom. The smallest absolute Gasteiger partial charge is 0.265 e. The molecule has 2 aromatic carbocycles. The zero-order valence-electron chi connectivity index (χ0n) is 12.8. The molecule has 23 heavy (non-hydrogen) atoms. The number of hydrogen-bond acceptors (Lipinski definition) is 3. The fourth-order valence-electron chi connectivity index (χ4n) is 1.93. The normalized spacial score (nSPS) is 11.6. The van der Waals surface area contributed by atoms with E-state index in [1.165, 1.54) is 19.1 Å². The molecule has 1 atom stereocenters. The molecule has 0 saturated carbocycles. The average molecular weight is 316 g/mol. The molecule has 2 rings (SSSR count). The van der Waals surface area contributed by atoms with E-state index in [0.717, 1.165) is 0 Å². The molecule has 0 aliphatic rings. The standard InChI is InChI=1S/C17H17FN2O3/c1-10-7-8-12(9-14(10)18)20-17(22)11(2)23-15-6-4-3-5-13(15)16(19)21/h3-9,11H,1-2H3,(H2,19,21)(H,20,22). The van der Waals surface area contributed by atoms with Gasteiger partial charge in [0.2, 0.25) is 0 Å². The maximum Gasteiger partial charge on any atom is 0.265 e. The number of nitrogens with two attached hydrogens (primary N) is 1. The van der Waals surface area contributed by atoms with Crippen LogP contribution in [0.1, 0.15) is 22.8 Å². The predicted molar refractivity (Wildman–Crippen MR) is 84.8 cm³/mol. The van der Waals surface area contributed by atoms with Crippen LogP contribution in [-0.4, -0.2) is 17.9 Å². The van der Waals surface area contributed by atoms with Gasteiger partial charge in [0, 0.05) is 5.69 Å². The summed E-state index contributed by atoms with van der Waals surface area (Å²) in [4.78, 5) is 23.5. The highest BCUT2D eigenvalue weighted by Gasteiger charge is 2.18.